The number of fused-ring (bicyclic) bond motifs is 1. The molecule has 2 amide bonds. The summed E-state index contributed by atoms with van der Waals surface area (Å²) in [4.78, 5) is 44.3. The van der Waals surface area contributed by atoms with Gasteiger partial charge in [0.2, 0.25) is 11.8 Å². The van der Waals surface area contributed by atoms with Gasteiger partial charge in [-0.3, -0.25) is 14.4 Å². The molecule has 3 aliphatic rings. The number of aliphatic hydroxyl groups is 1. The number of likely N-dealkylation sites (tertiary alicyclic amines) is 1. The summed E-state index contributed by atoms with van der Waals surface area (Å²) >= 11 is 0. The SMILES string of the molecule is CCOC(=O)[C@H]1[C@H]2C(=O)N(CCCCO)C(C(=O)Nc3ccc(N(CC)CC)cc3)C23CC[C@]1(C)O3. The Balaban J connectivity index is 1.64. The Morgan fingerprint density at radius 3 is 2.47 bits per heavy atom. The number of amides is 2. The highest BCUT2D eigenvalue weighted by atomic mass is 16.6. The summed E-state index contributed by atoms with van der Waals surface area (Å²) < 4.78 is 11.9. The predicted octanol–water partition coefficient (Wildman–Crippen LogP) is 2.57. The average molecular weight is 502 g/mol. The van der Waals surface area contributed by atoms with E-state index < -0.39 is 35.0 Å². The number of nitrogens with zero attached hydrogens (tertiary/aromatic N) is 2. The number of hydrogen-bond acceptors (Lipinski definition) is 7. The summed E-state index contributed by atoms with van der Waals surface area (Å²) in [7, 11) is 0. The second-order valence-electron chi connectivity index (χ2n) is 10.2. The van der Waals surface area contributed by atoms with E-state index in [-0.39, 0.29) is 25.0 Å². The molecule has 0 saturated carbocycles. The van der Waals surface area contributed by atoms with E-state index >= 15 is 0 Å². The van der Waals surface area contributed by atoms with Crippen LogP contribution in [0.4, 0.5) is 11.4 Å². The Morgan fingerprint density at radius 1 is 1.17 bits per heavy atom. The fourth-order valence-corrected chi connectivity index (χ4v) is 6.51. The monoisotopic (exact) mass is 501 g/mol. The molecule has 5 atom stereocenters. The van der Waals surface area contributed by atoms with Gasteiger partial charge in [-0.05, 0) is 77.6 Å². The number of esters is 1. The molecule has 1 spiro atoms. The topological polar surface area (TPSA) is 108 Å². The van der Waals surface area contributed by atoms with Crippen molar-refractivity contribution in [3.05, 3.63) is 24.3 Å². The number of carbonyl (C=O) groups is 3. The van der Waals surface area contributed by atoms with E-state index in [1.165, 1.54) is 0 Å². The summed E-state index contributed by atoms with van der Waals surface area (Å²) in [5.74, 6) is -2.51. The van der Waals surface area contributed by atoms with Gasteiger partial charge in [-0.2, -0.15) is 0 Å². The second kappa shape index (κ2) is 10.4. The van der Waals surface area contributed by atoms with Crippen LogP contribution in [-0.2, 0) is 23.9 Å². The molecule has 36 heavy (non-hydrogen) atoms. The predicted molar refractivity (Wildman–Crippen MR) is 136 cm³/mol. The van der Waals surface area contributed by atoms with Crippen LogP contribution < -0.4 is 10.2 Å². The third-order valence-electron chi connectivity index (χ3n) is 8.14. The molecule has 0 aromatic heterocycles. The minimum Gasteiger partial charge on any atom is -0.466 e. The number of rotatable bonds is 11. The van der Waals surface area contributed by atoms with Crippen molar-refractivity contribution in [2.24, 2.45) is 11.8 Å². The number of hydrogen-bond donors (Lipinski definition) is 2. The van der Waals surface area contributed by atoms with Crippen molar-refractivity contribution in [2.75, 3.05) is 43.1 Å². The van der Waals surface area contributed by atoms with Crippen molar-refractivity contribution in [3.8, 4) is 0 Å². The number of ether oxygens (including phenoxy) is 2. The van der Waals surface area contributed by atoms with Crippen LogP contribution in [0.25, 0.3) is 0 Å². The molecule has 0 aliphatic carbocycles. The molecule has 3 aliphatic heterocycles. The van der Waals surface area contributed by atoms with Gasteiger partial charge in [0.25, 0.3) is 0 Å². The number of unbranched alkanes of at least 4 members (excludes halogenated alkanes) is 1. The zero-order chi connectivity index (χ0) is 26.1. The lowest BCUT2D eigenvalue weighted by molar-refractivity contribution is -0.158. The molecular weight excluding hydrogens is 462 g/mol. The Morgan fingerprint density at radius 2 is 1.86 bits per heavy atom. The molecule has 0 radical (unpaired) electrons. The summed E-state index contributed by atoms with van der Waals surface area (Å²) in [6.45, 7) is 10.1. The van der Waals surface area contributed by atoms with E-state index in [1.54, 1.807) is 11.8 Å². The van der Waals surface area contributed by atoms with Crippen LogP contribution in [-0.4, -0.2) is 77.9 Å². The van der Waals surface area contributed by atoms with Crippen molar-refractivity contribution in [3.63, 3.8) is 0 Å². The number of anilines is 2. The van der Waals surface area contributed by atoms with Gasteiger partial charge in [-0.15, -0.1) is 0 Å². The fraction of sp³-hybridized carbons (Fsp3) is 0.667. The summed E-state index contributed by atoms with van der Waals surface area (Å²) in [5.41, 5.74) is -0.206. The standard InChI is InChI=1S/C27H39N3O6/c1-5-29(6-2)19-12-10-18(11-13-19)28-23(32)22-27-15-14-26(4,36-27)21(25(34)35-7-3)20(27)24(33)30(22)16-8-9-17-31/h10-13,20-22,31H,5-9,14-17H2,1-4H3,(H,28,32)/t20-,21+,22?,26-,27?/m0/s1. The first-order valence-electron chi connectivity index (χ1n) is 13.2. The van der Waals surface area contributed by atoms with Gasteiger partial charge in [0.05, 0.1) is 18.1 Å². The third kappa shape index (κ3) is 4.26. The zero-order valence-corrected chi connectivity index (χ0v) is 21.8. The van der Waals surface area contributed by atoms with E-state index in [2.05, 4.69) is 24.1 Å². The van der Waals surface area contributed by atoms with Gasteiger partial charge in [0, 0.05) is 37.6 Å². The highest BCUT2D eigenvalue weighted by Crippen LogP contribution is 2.63. The second-order valence-corrected chi connectivity index (χ2v) is 10.2. The van der Waals surface area contributed by atoms with Crippen LogP contribution in [0.5, 0.6) is 0 Å². The lowest BCUT2D eigenvalue weighted by Gasteiger charge is -2.33. The van der Waals surface area contributed by atoms with Gasteiger partial charge in [-0.1, -0.05) is 0 Å². The van der Waals surface area contributed by atoms with E-state index in [1.807, 2.05) is 31.2 Å². The van der Waals surface area contributed by atoms with Gasteiger partial charge in [0.1, 0.15) is 17.6 Å². The minimum absolute atomic E-state index is 0.00632. The van der Waals surface area contributed by atoms with Crippen LogP contribution in [0.15, 0.2) is 24.3 Å². The third-order valence-corrected chi connectivity index (χ3v) is 8.14. The maximum atomic E-state index is 13.8. The highest BCUT2D eigenvalue weighted by molar-refractivity contribution is 6.03. The molecule has 9 heteroatoms. The molecule has 9 nitrogen and oxygen atoms in total. The molecule has 2 bridgehead atoms. The van der Waals surface area contributed by atoms with Crippen molar-refractivity contribution in [1.29, 1.82) is 0 Å². The van der Waals surface area contributed by atoms with E-state index in [0.29, 0.717) is 37.9 Å². The molecule has 3 heterocycles. The maximum Gasteiger partial charge on any atom is 0.312 e. The molecule has 1 aromatic rings. The van der Waals surface area contributed by atoms with Crippen molar-refractivity contribution in [2.45, 2.75) is 70.6 Å². The number of benzene rings is 1. The van der Waals surface area contributed by atoms with Crippen LogP contribution >= 0.6 is 0 Å². The van der Waals surface area contributed by atoms with E-state index in [0.717, 1.165) is 18.8 Å². The number of carbonyl (C=O) groups excluding carboxylic acids is 3. The molecule has 3 fully saturated rings. The van der Waals surface area contributed by atoms with Crippen molar-refractivity contribution < 1.29 is 29.0 Å². The van der Waals surface area contributed by atoms with Crippen LogP contribution in [0, 0.1) is 11.8 Å². The first-order valence-corrected chi connectivity index (χ1v) is 13.2. The van der Waals surface area contributed by atoms with Crippen molar-refractivity contribution in [1.82, 2.24) is 4.90 Å². The molecule has 198 valence electrons. The lowest BCUT2D eigenvalue weighted by Crippen LogP contribution is -2.53. The lowest BCUT2D eigenvalue weighted by atomic mass is 9.66. The molecular formula is C27H39N3O6. The normalized spacial score (nSPS) is 30.4. The zero-order valence-electron chi connectivity index (χ0n) is 21.8. The largest absolute Gasteiger partial charge is 0.466 e. The molecule has 3 saturated heterocycles. The molecule has 4 rings (SSSR count). The smallest absolute Gasteiger partial charge is 0.312 e. The summed E-state index contributed by atoms with van der Waals surface area (Å²) in [6.07, 6.45) is 2.16. The average Bonchev–Trinajstić information content (AvgIpc) is 3.42. The first-order chi connectivity index (χ1) is 17.3. The molecule has 2 unspecified atom stereocenters. The fourth-order valence-electron chi connectivity index (χ4n) is 6.51. The summed E-state index contributed by atoms with van der Waals surface area (Å²) in [5, 5.41) is 12.3. The molecule has 1 aromatic carbocycles. The highest BCUT2D eigenvalue weighted by Gasteiger charge is 2.78. The van der Waals surface area contributed by atoms with Crippen LogP contribution in [0.3, 0.4) is 0 Å². The van der Waals surface area contributed by atoms with E-state index in [9.17, 15) is 19.5 Å². The minimum atomic E-state index is -1.08. The Bertz CT molecular complexity index is 980. The van der Waals surface area contributed by atoms with Gasteiger partial charge >= 0.3 is 5.97 Å². The Kier molecular flexibility index (Phi) is 7.61. The first kappa shape index (κ1) is 26.4. The Labute approximate surface area is 213 Å². The molecule has 2 N–H and O–H groups in total. The summed E-state index contributed by atoms with van der Waals surface area (Å²) in [6, 6.07) is 6.81. The van der Waals surface area contributed by atoms with E-state index in [4.69, 9.17) is 9.47 Å². The van der Waals surface area contributed by atoms with Crippen LogP contribution in [0.2, 0.25) is 0 Å². The quantitative estimate of drug-likeness (QED) is 0.354. The van der Waals surface area contributed by atoms with Crippen molar-refractivity contribution >= 4 is 29.2 Å². The number of nitrogens with one attached hydrogen (secondary N) is 1. The number of aliphatic hydroxyl groups excluding tert-OH is 1. The van der Waals surface area contributed by atoms with Gasteiger partial charge < -0.3 is 29.7 Å². The Hall–Kier alpha value is -2.65. The van der Waals surface area contributed by atoms with Gasteiger partial charge in [0.15, 0.2) is 0 Å². The maximum absolute atomic E-state index is 13.8. The van der Waals surface area contributed by atoms with Crippen LogP contribution in [0.1, 0.15) is 53.4 Å². The van der Waals surface area contributed by atoms with Gasteiger partial charge in [-0.25, -0.2) is 0 Å².